The maximum Gasteiger partial charge on any atom is 1.00 e. The molecule has 28 heavy (non-hydrogen) atoms. The number of benzene rings is 1. The third-order valence-corrected chi connectivity index (χ3v) is 4.59. The van der Waals surface area contributed by atoms with Gasteiger partial charge in [0, 0.05) is 6.42 Å². The van der Waals surface area contributed by atoms with Crippen LogP contribution in [-0.4, -0.2) is 23.8 Å². The van der Waals surface area contributed by atoms with Gasteiger partial charge >= 0.3 is 35.5 Å². The number of carbonyl (C=O) groups excluding carboxylic acids is 3. The molecule has 1 heterocycles. The van der Waals surface area contributed by atoms with Crippen molar-refractivity contribution in [2.45, 2.75) is 53.4 Å². The first-order valence-corrected chi connectivity index (χ1v) is 9.19. The zero-order chi connectivity index (χ0) is 20.4. The molecule has 7 nitrogen and oxygen atoms in total. The smallest absolute Gasteiger partial charge is 0.846 e. The summed E-state index contributed by atoms with van der Waals surface area (Å²) < 4.78 is 4.92. The Morgan fingerprint density at radius 2 is 1.82 bits per heavy atom. The van der Waals surface area contributed by atoms with Gasteiger partial charge in [0.1, 0.15) is 11.2 Å². The number of amides is 2. The van der Waals surface area contributed by atoms with Crippen molar-refractivity contribution >= 4 is 23.8 Å². The zero-order valence-corrected chi connectivity index (χ0v) is 19.3. The maximum atomic E-state index is 11.9. The average molecular weight is 398 g/mol. The Morgan fingerprint density at radius 1 is 1.21 bits per heavy atom. The Labute approximate surface area is 188 Å². The quantitative estimate of drug-likeness (QED) is 0.292. The second kappa shape index (κ2) is 12.7. The van der Waals surface area contributed by atoms with E-state index in [2.05, 4.69) is 10.3 Å². The van der Waals surface area contributed by atoms with E-state index in [1.807, 2.05) is 32.0 Å². The summed E-state index contributed by atoms with van der Waals surface area (Å²) in [6, 6.07) is 8.21. The standard InChI is InChI=1S/C11H18N2O3.C9H10O2.Na/c1-4-6-7(3)11(5-2)8(14)12-10(16)13-9(11)15;1-2-9(10)11-8-6-4-3-5-7-8;/h7H,4-6H2,1-3H3,(H2,12,13,14,15,16);3-7H,2H2,1H3;/q;;+1/p-1. The van der Waals surface area contributed by atoms with Crippen molar-refractivity contribution in [2.24, 2.45) is 16.3 Å². The van der Waals surface area contributed by atoms with E-state index in [9.17, 15) is 19.5 Å². The van der Waals surface area contributed by atoms with E-state index in [0.717, 1.165) is 12.8 Å². The summed E-state index contributed by atoms with van der Waals surface area (Å²) >= 11 is 0. The first-order valence-electron chi connectivity index (χ1n) is 9.19. The summed E-state index contributed by atoms with van der Waals surface area (Å²) in [6.07, 6.45) is 2.43. The number of esters is 1. The fourth-order valence-corrected chi connectivity index (χ4v) is 2.99. The first-order chi connectivity index (χ1) is 12.8. The molecule has 0 aromatic heterocycles. The number of aliphatic imine (C=N–C) groups is 1. The molecule has 1 aliphatic rings. The molecule has 1 N–H and O–H groups in total. The summed E-state index contributed by atoms with van der Waals surface area (Å²) in [6.45, 7) is 7.39. The predicted molar refractivity (Wildman–Crippen MR) is 99.7 cm³/mol. The van der Waals surface area contributed by atoms with E-state index >= 15 is 0 Å². The fraction of sp³-hybridized carbons (Fsp3) is 0.500. The van der Waals surface area contributed by atoms with Crippen LogP contribution in [0.4, 0.5) is 0 Å². The summed E-state index contributed by atoms with van der Waals surface area (Å²) in [7, 11) is 0. The monoisotopic (exact) mass is 398 g/mol. The molecule has 8 heteroatoms. The normalized spacial score (nSPS) is 19.2. The molecule has 2 atom stereocenters. The van der Waals surface area contributed by atoms with Crippen LogP contribution in [-0.2, 0) is 14.4 Å². The third-order valence-electron chi connectivity index (χ3n) is 4.59. The number of ether oxygens (including phenoxy) is 1. The van der Waals surface area contributed by atoms with E-state index < -0.39 is 23.3 Å². The first kappa shape index (κ1) is 26.3. The number of amidine groups is 1. The molecular weight excluding hydrogens is 371 g/mol. The van der Waals surface area contributed by atoms with Gasteiger partial charge < -0.3 is 15.2 Å². The van der Waals surface area contributed by atoms with Gasteiger partial charge in [0.2, 0.25) is 5.91 Å². The van der Waals surface area contributed by atoms with Gasteiger partial charge in [-0.25, -0.2) is 4.99 Å². The zero-order valence-electron chi connectivity index (χ0n) is 17.3. The number of para-hydroxylation sites is 1. The van der Waals surface area contributed by atoms with Crippen LogP contribution in [0.3, 0.4) is 0 Å². The second-order valence-electron chi connectivity index (χ2n) is 6.33. The summed E-state index contributed by atoms with van der Waals surface area (Å²) in [5.41, 5.74) is -1.15. The van der Waals surface area contributed by atoms with Crippen LogP contribution >= 0.6 is 0 Å². The van der Waals surface area contributed by atoms with Crippen molar-refractivity contribution < 1.29 is 53.8 Å². The molecule has 1 aromatic carbocycles. The summed E-state index contributed by atoms with van der Waals surface area (Å²) in [5.74, 6) is -0.784. The fourth-order valence-electron chi connectivity index (χ4n) is 2.99. The van der Waals surface area contributed by atoms with Gasteiger partial charge in [-0.15, -0.1) is 0 Å². The molecule has 1 aliphatic heterocycles. The molecule has 0 saturated heterocycles. The Bertz CT molecular complexity index is 693. The van der Waals surface area contributed by atoms with Crippen LogP contribution in [0.25, 0.3) is 0 Å². The van der Waals surface area contributed by atoms with Crippen LogP contribution in [0.1, 0.15) is 53.4 Å². The van der Waals surface area contributed by atoms with Gasteiger partial charge in [-0.1, -0.05) is 52.3 Å². The van der Waals surface area contributed by atoms with Crippen LogP contribution in [0, 0.1) is 11.3 Å². The second-order valence-corrected chi connectivity index (χ2v) is 6.33. The Kier molecular flexibility index (Phi) is 11.9. The number of nitrogens with zero attached hydrogens (tertiary/aromatic N) is 1. The van der Waals surface area contributed by atoms with Crippen molar-refractivity contribution in [1.82, 2.24) is 5.32 Å². The van der Waals surface area contributed by atoms with E-state index in [1.54, 1.807) is 26.0 Å². The SMILES string of the molecule is CCC(=O)Oc1ccccc1.CCCC(C)C1(CC)C(=O)N=C([O-])NC1=O.[Na+]. The van der Waals surface area contributed by atoms with Gasteiger partial charge in [0.15, 0.2) is 0 Å². The molecule has 0 spiro atoms. The molecule has 2 rings (SSSR count). The van der Waals surface area contributed by atoms with E-state index in [-0.39, 0.29) is 41.4 Å². The van der Waals surface area contributed by atoms with Gasteiger partial charge in [0.25, 0.3) is 5.91 Å². The minimum absolute atomic E-state index is 0. The van der Waals surface area contributed by atoms with Gasteiger partial charge in [-0.2, -0.15) is 0 Å². The number of carbonyl (C=O) groups is 3. The largest absolute Gasteiger partial charge is 1.00 e. The number of hydrogen-bond acceptors (Lipinski definition) is 5. The number of rotatable bonds is 6. The predicted octanol–water partition coefficient (Wildman–Crippen LogP) is -0.802. The topological polar surface area (TPSA) is 108 Å². The third kappa shape index (κ3) is 6.72. The molecule has 148 valence electrons. The van der Waals surface area contributed by atoms with Crippen LogP contribution < -0.4 is 44.7 Å². The van der Waals surface area contributed by atoms with Gasteiger partial charge in [0.05, 0.1) is 6.02 Å². The molecule has 0 radical (unpaired) electrons. The van der Waals surface area contributed by atoms with Gasteiger partial charge in [-0.3, -0.25) is 14.4 Å². The summed E-state index contributed by atoms with van der Waals surface area (Å²) in [5, 5.41) is 13.1. The molecule has 1 aromatic rings. The Morgan fingerprint density at radius 3 is 2.29 bits per heavy atom. The number of nitrogens with one attached hydrogen (secondary N) is 1. The van der Waals surface area contributed by atoms with Crippen molar-refractivity contribution in [1.29, 1.82) is 0 Å². The van der Waals surface area contributed by atoms with Crippen molar-refractivity contribution in [2.75, 3.05) is 0 Å². The van der Waals surface area contributed by atoms with Gasteiger partial charge in [-0.05, 0) is 30.9 Å². The number of hydrogen-bond donors (Lipinski definition) is 1. The van der Waals surface area contributed by atoms with Crippen molar-refractivity contribution in [3.8, 4) is 5.75 Å². The minimum atomic E-state index is -1.15. The van der Waals surface area contributed by atoms with Crippen LogP contribution in [0.5, 0.6) is 5.75 Å². The minimum Gasteiger partial charge on any atom is -0.846 e. The van der Waals surface area contributed by atoms with Crippen molar-refractivity contribution in [3.63, 3.8) is 0 Å². The van der Waals surface area contributed by atoms with E-state index in [1.165, 1.54) is 0 Å². The van der Waals surface area contributed by atoms with Crippen LogP contribution in [0.15, 0.2) is 35.3 Å². The van der Waals surface area contributed by atoms with E-state index in [4.69, 9.17) is 4.74 Å². The maximum absolute atomic E-state index is 11.9. The summed E-state index contributed by atoms with van der Waals surface area (Å²) in [4.78, 5) is 37.8. The molecule has 0 aliphatic carbocycles. The molecule has 0 bridgehead atoms. The molecule has 2 amide bonds. The average Bonchev–Trinajstić information content (AvgIpc) is 2.63. The van der Waals surface area contributed by atoms with E-state index in [0.29, 0.717) is 18.6 Å². The molecule has 0 saturated carbocycles. The molecule has 2 unspecified atom stereocenters. The molecular formula is C20H27N2NaO5. The Balaban J connectivity index is 0.000000535. The molecule has 0 fully saturated rings. The Hall–Kier alpha value is -1.70. The van der Waals surface area contributed by atoms with Crippen LogP contribution in [0.2, 0.25) is 0 Å². The van der Waals surface area contributed by atoms with Crippen molar-refractivity contribution in [3.05, 3.63) is 30.3 Å².